The Bertz CT molecular complexity index is 487. The first kappa shape index (κ1) is 16.3. The third-order valence-corrected chi connectivity index (χ3v) is 3.75. The molecule has 0 saturated heterocycles. The zero-order valence-electron chi connectivity index (χ0n) is 12.6. The van der Waals surface area contributed by atoms with Gasteiger partial charge in [-0.15, -0.1) is 0 Å². The summed E-state index contributed by atoms with van der Waals surface area (Å²) in [6, 6.07) is 6.78. The summed E-state index contributed by atoms with van der Waals surface area (Å²) in [5.74, 6) is 0.919. The molecule has 2 N–H and O–H groups in total. The smallest absolute Gasteiger partial charge is 0.223 e. The molecule has 0 radical (unpaired) electrons. The second-order valence-electron chi connectivity index (χ2n) is 5.73. The van der Waals surface area contributed by atoms with Crippen molar-refractivity contribution in [2.24, 2.45) is 0 Å². The molecule has 1 fully saturated rings. The minimum atomic E-state index is 0.0801. The highest BCUT2D eigenvalue weighted by Gasteiger charge is 2.22. The van der Waals surface area contributed by atoms with E-state index in [0.29, 0.717) is 25.1 Å². The molecule has 0 unspecified atom stereocenters. The average Bonchev–Trinajstić information content (AvgIpc) is 3.22. The predicted octanol–water partition coefficient (Wildman–Crippen LogP) is 2.99. The first-order valence-corrected chi connectivity index (χ1v) is 8.28. The van der Waals surface area contributed by atoms with Crippen LogP contribution in [-0.2, 0) is 11.3 Å². The molecule has 1 amide bonds. The molecule has 21 heavy (non-hydrogen) atoms. The van der Waals surface area contributed by atoms with Crippen LogP contribution < -0.4 is 15.4 Å². The lowest BCUT2D eigenvalue weighted by molar-refractivity contribution is -0.121. The van der Waals surface area contributed by atoms with E-state index in [0.717, 1.165) is 35.2 Å². The summed E-state index contributed by atoms with van der Waals surface area (Å²) in [7, 11) is 0. The highest BCUT2D eigenvalue weighted by molar-refractivity contribution is 9.10. The summed E-state index contributed by atoms with van der Waals surface area (Å²) in [6.07, 6.45) is 2.64. The number of carbonyl (C=O) groups is 1. The molecule has 1 aliphatic rings. The summed E-state index contributed by atoms with van der Waals surface area (Å²) < 4.78 is 6.80. The van der Waals surface area contributed by atoms with Crippen LogP contribution in [0.4, 0.5) is 0 Å². The van der Waals surface area contributed by atoms with Gasteiger partial charge < -0.3 is 15.4 Å². The van der Waals surface area contributed by atoms with Gasteiger partial charge >= 0.3 is 0 Å². The Balaban J connectivity index is 1.84. The van der Waals surface area contributed by atoms with Crippen LogP contribution in [0.15, 0.2) is 22.7 Å². The van der Waals surface area contributed by atoms with Gasteiger partial charge in [0.05, 0.1) is 13.0 Å². The Labute approximate surface area is 134 Å². The van der Waals surface area contributed by atoms with E-state index in [1.54, 1.807) is 0 Å². The average molecular weight is 355 g/mol. The van der Waals surface area contributed by atoms with Gasteiger partial charge in [0.15, 0.2) is 0 Å². The second kappa shape index (κ2) is 7.80. The van der Waals surface area contributed by atoms with Crippen LogP contribution in [0.3, 0.4) is 0 Å². The number of halogens is 1. The van der Waals surface area contributed by atoms with Crippen LogP contribution in [0.25, 0.3) is 0 Å². The van der Waals surface area contributed by atoms with E-state index in [1.165, 1.54) is 0 Å². The van der Waals surface area contributed by atoms with Crippen LogP contribution in [-0.4, -0.2) is 24.6 Å². The maximum atomic E-state index is 11.6. The van der Waals surface area contributed by atoms with E-state index in [2.05, 4.69) is 46.5 Å². The lowest BCUT2D eigenvalue weighted by Crippen LogP contribution is -2.27. The van der Waals surface area contributed by atoms with Crippen molar-refractivity contribution < 1.29 is 9.53 Å². The van der Waals surface area contributed by atoms with Gasteiger partial charge in [0.25, 0.3) is 0 Å². The maximum absolute atomic E-state index is 11.6. The summed E-state index contributed by atoms with van der Waals surface area (Å²) in [4.78, 5) is 11.6. The summed E-state index contributed by atoms with van der Waals surface area (Å²) in [5, 5.41) is 6.35. The quantitative estimate of drug-likeness (QED) is 0.754. The Morgan fingerprint density at radius 3 is 2.86 bits per heavy atom. The van der Waals surface area contributed by atoms with Crippen LogP contribution >= 0.6 is 15.9 Å². The zero-order chi connectivity index (χ0) is 15.2. The van der Waals surface area contributed by atoms with Gasteiger partial charge in [0.2, 0.25) is 5.91 Å². The number of amides is 1. The van der Waals surface area contributed by atoms with Gasteiger partial charge in [0.1, 0.15) is 5.75 Å². The summed E-state index contributed by atoms with van der Waals surface area (Å²) >= 11 is 3.48. The Morgan fingerprint density at radius 1 is 1.43 bits per heavy atom. The van der Waals surface area contributed by atoms with Crippen LogP contribution in [0.5, 0.6) is 5.75 Å². The second-order valence-corrected chi connectivity index (χ2v) is 6.64. The molecule has 0 heterocycles. The molecule has 1 aromatic rings. The van der Waals surface area contributed by atoms with Gasteiger partial charge in [-0.1, -0.05) is 29.8 Å². The van der Waals surface area contributed by atoms with Gasteiger partial charge in [-0.3, -0.25) is 4.79 Å². The van der Waals surface area contributed by atoms with Crippen molar-refractivity contribution in [1.29, 1.82) is 0 Å². The van der Waals surface area contributed by atoms with Crippen molar-refractivity contribution in [3.05, 3.63) is 28.2 Å². The number of ether oxygens (including phenoxy) is 1. The molecule has 116 valence electrons. The number of hydrogen-bond acceptors (Lipinski definition) is 3. The highest BCUT2D eigenvalue weighted by Crippen LogP contribution is 2.23. The van der Waals surface area contributed by atoms with Crippen molar-refractivity contribution in [3.8, 4) is 5.75 Å². The molecule has 5 heteroatoms. The lowest BCUT2D eigenvalue weighted by Gasteiger charge is -2.14. The van der Waals surface area contributed by atoms with E-state index >= 15 is 0 Å². The maximum Gasteiger partial charge on any atom is 0.223 e. The van der Waals surface area contributed by atoms with E-state index in [9.17, 15) is 4.79 Å². The lowest BCUT2D eigenvalue weighted by atomic mass is 10.2. The van der Waals surface area contributed by atoms with E-state index in [1.807, 2.05) is 12.1 Å². The fraction of sp³-hybridized carbons (Fsp3) is 0.562. The zero-order valence-corrected chi connectivity index (χ0v) is 14.2. The molecular weight excluding hydrogens is 332 g/mol. The highest BCUT2D eigenvalue weighted by atomic mass is 79.9. The molecule has 1 aromatic carbocycles. The summed E-state index contributed by atoms with van der Waals surface area (Å²) in [5.41, 5.74) is 1.10. The van der Waals surface area contributed by atoms with Crippen molar-refractivity contribution >= 4 is 21.8 Å². The standard InChI is InChI=1S/C16H23BrN2O2/c1-11(2)18-10-12-9-13(17)3-6-15(12)21-8-7-16(20)19-14-4-5-14/h3,6,9,11,14,18H,4-5,7-8,10H2,1-2H3,(H,19,20). The Kier molecular flexibility index (Phi) is 6.06. The Hall–Kier alpha value is -1.07. The van der Waals surface area contributed by atoms with Crippen molar-refractivity contribution in [3.63, 3.8) is 0 Å². The van der Waals surface area contributed by atoms with Gasteiger partial charge in [0, 0.05) is 28.7 Å². The molecule has 1 saturated carbocycles. The molecule has 0 aliphatic heterocycles. The van der Waals surface area contributed by atoms with Crippen LogP contribution in [0, 0.1) is 0 Å². The normalized spacial score (nSPS) is 14.3. The fourth-order valence-electron chi connectivity index (χ4n) is 1.92. The molecule has 1 aliphatic carbocycles. The van der Waals surface area contributed by atoms with Gasteiger partial charge in [-0.2, -0.15) is 0 Å². The molecular formula is C16H23BrN2O2. The summed E-state index contributed by atoms with van der Waals surface area (Å²) in [6.45, 7) is 5.39. The van der Waals surface area contributed by atoms with Crippen molar-refractivity contribution in [2.45, 2.75) is 51.7 Å². The van der Waals surface area contributed by atoms with Crippen LogP contribution in [0.2, 0.25) is 0 Å². The third kappa shape index (κ3) is 6.06. The topological polar surface area (TPSA) is 50.4 Å². The monoisotopic (exact) mass is 354 g/mol. The molecule has 0 spiro atoms. The first-order valence-electron chi connectivity index (χ1n) is 7.48. The third-order valence-electron chi connectivity index (χ3n) is 3.25. The van der Waals surface area contributed by atoms with E-state index in [4.69, 9.17) is 4.74 Å². The van der Waals surface area contributed by atoms with E-state index in [-0.39, 0.29) is 5.91 Å². The van der Waals surface area contributed by atoms with Crippen molar-refractivity contribution in [1.82, 2.24) is 10.6 Å². The van der Waals surface area contributed by atoms with Gasteiger partial charge in [-0.05, 0) is 31.0 Å². The molecule has 0 bridgehead atoms. The SMILES string of the molecule is CC(C)NCc1cc(Br)ccc1OCCC(=O)NC1CC1. The number of carbonyl (C=O) groups excluding carboxylic acids is 1. The van der Waals surface area contributed by atoms with Gasteiger partial charge in [-0.25, -0.2) is 0 Å². The number of rotatable bonds is 8. The number of benzene rings is 1. The molecule has 0 atom stereocenters. The number of nitrogens with one attached hydrogen (secondary N) is 2. The first-order chi connectivity index (χ1) is 10.0. The molecule has 0 aromatic heterocycles. The minimum absolute atomic E-state index is 0.0801. The molecule has 4 nitrogen and oxygen atoms in total. The van der Waals surface area contributed by atoms with E-state index < -0.39 is 0 Å². The predicted molar refractivity (Wildman–Crippen MR) is 87.4 cm³/mol. The van der Waals surface area contributed by atoms with Crippen LogP contribution in [0.1, 0.15) is 38.7 Å². The fourth-order valence-corrected chi connectivity index (χ4v) is 2.33. The number of hydrogen-bond donors (Lipinski definition) is 2. The van der Waals surface area contributed by atoms with Crippen molar-refractivity contribution in [2.75, 3.05) is 6.61 Å². The minimum Gasteiger partial charge on any atom is -0.493 e. The largest absolute Gasteiger partial charge is 0.493 e. The molecule has 2 rings (SSSR count). The Morgan fingerprint density at radius 2 is 2.19 bits per heavy atom.